The highest BCUT2D eigenvalue weighted by atomic mass is 32.2. The molecule has 53 heavy (non-hydrogen) atoms. The lowest BCUT2D eigenvalue weighted by Gasteiger charge is -2.22. The average Bonchev–Trinajstić information content (AvgIpc) is 3.44. The maximum absolute atomic E-state index is 12.7. The number of carbonyl (C=O) groups excluding carboxylic acids is 2. The lowest BCUT2D eigenvalue weighted by atomic mass is 9.97. The van der Waals surface area contributed by atoms with E-state index < -0.39 is 0 Å². The highest BCUT2D eigenvalue weighted by Crippen LogP contribution is 2.34. The van der Waals surface area contributed by atoms with Crippen molar-refractivity contribution in [3.63, 3.8) is 0 Å². The summed E-state index contributed by atoms with van der Waals surface area (Å²) in [5.41, 5.74) is 5.26. The molecule has 0 bridgehead atoms. The van der Waals surface area contributed by atoms with Gasteiger partial charge >= 0.3 is 0 Å². The number of nitrogens with zero attached hydrogens (tertiary/aromatic N) is 7. The fourth-order valence-electron chi connectivity index (χ4n) is 6.83. The van der Waals surface area contributed by atoms with Crippen LogP contribution in [0.3, 0.4) is 0 Å². The van der Waals surface area contributed by atoms with Gasteiger partial charge in [0.15, 0.2) is 5.82 Å². The maximum atomic E-state index is 12.7. The third-order valence-corrected chi connectivity index (χ3v) is 10.8. The molecule has 3 aliphatic rings. The number of carbonyl (C=O) groups is 2. The van der Waals surface area contributed by atoms with Crippen LogP contribution in [0.15, 0.2) is 81.3 Å². The monoisotopic (exact) mass is 738 g/mol. The quantitative estimate of drug-likeness (QED) is 0.0967. The molecule has 0 radical (unpaired) electrons. The zero-order valence-corrected chi connectivity index (χ0v) is 33.2. The van der Waals surface area contributed by atoms with E-state index in [-0.39, 0.29) is 17.7 Å². The number of hydrogen-bond acceptors (Lipinski definition) is 9. The zero-order valence-electron chi connectivity index (χ0n) is 32.4. The minimum atomic E-state index is -0.0535. The minimum absolute atomic E-state index is 0.0535. The van der Waals surface area contributed by atoms with Crippen LogP contribution in [0, 0.1) is 17.8 Å². The number of likely N-dealkylation sites (tertiary alicyclic amines) is 1. The third-order valence-electron chi connectivity index (χ3n) is 9.66. The molecule has 2 atom stereocenters. The van der Waals surface area contributed by atoms with Crippen LogP contribution in [0.1, 0.15) is 84.9 Å². The molecule has 0 spiro atoms. The van der Waals surface area contributed by atoms with Crippen molar-refractivity contribution in [3.05, 3.63) is 77.1 Å². The van der Waals surface area contributed by atoms with Crippen LogP contribution in [0.25, 0.3) is 5.03 Å². The second-order valence-corrected chi connectivity index (χ2v) is 15.0. The predicted octanol–water partition coefficient (Wildman–Crippen LogP) is 6.82. The Hall–Kier alpha value is -4.27. The fourth-order valence-corrected chi connectivity index (χ4v) is 7.95. The first-order chi connectivity index (χ1) is 25.9. The van der Waals surface area contributed by atoms with Gasteiger partial charge in [0.2, 0.25) is 5.91 Å². The Morgan fingerprint density at radius 3 is 2.89 bits per heavy atom. The van der Waals surface area contributed by atoms with E-state index >= 15 is 0 Å². The number of thioether (sulfide) groups is 1. The molecular formula is C42H58N8O2S. The van der Waals surface area contributed by atoms with Crippen LogP contribution in [0.4, 0.5) is 0 Å². The molecule has 1 N–H and O–H groups in total. The standard InChI is InChI=1S/C42H58N8O2S/c1-6-14-39-38(7-2)42(50-32-46-47-40(50)30-45-39)53-34(4)16-9-8-10-17-36(29-43-5)31-48-24-13-18-35(21-25-48)20-23-44-37-19-12-11-15-33(3)41(52)49(26-22-37)27-28-51/h6,8,10,14-15,17,22,28-29,32,34-35,44H,7,11-13,18-21,23-27,30-31H2,1-5H3/b10-8+,14-6+,33-15+,36-17+,37-22-,43-29-. The lowest BCUT2D eigenvalue weighted by molar-refractivity contribution is -0.128. The Labute approximate surface area is 321 Å². The van der Waals surface area contributed by atoms with E-state index in [2.05, 4.69) is 73.9 Å². The summed E-state index contributed by atoms with van der Waals surface area (Å²) in [5.74, 6) is 8.11. The van der Waals surface area contributed by atoms with Gasteiger partial charge in [-0.05, 0) is 115 Å². The summed E-state index contributed by atoms with van der Waals surface area (Å²) >= 11 is 1.72. The SMILES string of the molecule is C/C=C/C1=NCc2nncn2C(SC(C)C#C/C=C/C=C(\C=N/C)CN2CCCC(CCN/C3=C\CN(CC=O)C(=O)/C(C)=C/CCC3)CC2)=C1CC. The van der Waals surface area contributed by atoms with E-state index in [0.717, 1.165) is 86.7 Å². The van der Waals surface area contributed by atoms with Crippen molar-refractivity contribution in [3.8, 4) is 11.8 Å². The highest BCUT2D eigenvalue weighted by molar-refractivity contribution is 8.08. The number of amides is 1. The number of aliphatic imine (C=N–C) groups is 2. The molecular weight excluding hydrogens is 681 g/mol. The molecule has 0 aliphatic carbocycles. The van der Waals surface area contributed by atoms with Crippen LogP contribution in [0.2, 0.25) is 0 Å². The average molecular weight is 739 g/mol. The normalized spacial score (nSPS) is 22.3. The number of allylic oxidation sites excluding steroid dienone is 8. The van der Waals surface area contributed by atoms with Gasteiger partial charge in [0.1, 0.15) is 19.2 Å². The summed E-state index contributed by atoms with van der Waals surface area (Å²) in [6, 6.07) is 0. The number of nitrogens with one attached hydrogen (secondary N) is 1. The van der Waals surface area contributed by atoms with E-state index in [1.165, 1.54) is 36.1 Å². The van der Waals surface area contributed by atoms with Crippen molar-refractivity contribution >= 4 is 40.9 Å². The molecule has 1 fully saturated rings. The summed E-state index contributed by atoms with van der Waals surface area (Å²) < 4.78 is 2.06. The van der Waals surface area contributed by atoms with Crippen LogP contribution >= 0.6 is 11.8 Å². The number of hydrogen-bond donors (Lipinski definition) is 1. The first kappa shape index (κ1) is 41.5. The number of aromatic nitrogens is 3. The Kier molecular flexibility index (Phi) is 17.8. The summed E-state index contributed by atoms with van der Waals surface area (Å²) in [4.78, 5) is 37.2. The Balaban J connectivity index is 1.27. The molecule has 3 aliphatic heterocycles. The molecule has 284 valence electrons. The van der Waals surface area contributed by atoms with Crippen molar-refractivity contribution in [2.75, 3.05) is 46.3 Å². The van der Waals surface area contributed by atoms with E-state index in [4.69, 9.17) is 4.99 Å². The van der Waals surface area contributed by atoms with Gasteiger partial charge in [0.25, 0.3) is 0 Å². The van der Waals surface area contributed by atoms with Crippen LogP contribution in [-0.2, 0) is 16.1 Å². The van der Waals surface area contributed by atoms with E-state index in [0.29, 0.717) is 19.0 Å². The van der Waals surface area contributed by atoms with Gasteiger partial charge in [-0.3, -0.25) is 24.2 Å². The third kappa shape index (κ3) is 13.3. The second kappa shape index (κ2) is 22.7. The van der Waals surface area contributed by atoms with Crippen molar-refractivity contribution in [1.82, 2.24) is 29.9 Å². The van der Waals surface area contributed by atoms with Gasteiger partial charge in [-0.2, -0.15) is 0 Å². The predicted molar refractivity (Wildman–Crippen MR) is 221 cm³/mol. The van der Waals surface area contributed by atoms with Crippen molar-refractivity contribution < 1.29 is 9.59 Å². The fraction of sp³-hybridized carbons (Fsp3) is 0.524. The van der Waals surface area contributed by atoms with Crippen LogP contribution in [0.5, 0.6) is 0 Å². The van der Waals surface area contributed by atoms with Gasteiger partial charge in [-0.1, -0.05) is 54.8 Å². The number of aldehydes is 1. The Morgan fingerprint density at radius 1 is 1.23 bits per heavy atom. The summed E-state index contributed by atoms with van der Waals surface area (Å²) in [7, 11) is 1.83. The van der Waals surface area contributed by atoms with Crippen molar-refractivity contribution in [1.29, 1.82) is 0 Å². The number of rotatable bonds is 14. The smallest absolute Gasteiger partial charge is 0.249 e. The first-order valence-corrected chi connectivity index (χ1v) is 20.0. The molecule has 1 aromatic rings. The summed E-state index contributed by atoms with van der Waals surface area (Å²) in [6.45, 7) is 13.2. The summed E-state index contributed by atoms with van der Waals surface area (Å²) in [6.07, 6.45) is 27.2. The van der Waals surface area contributed by atoms with Crippen LogP contribution < -0.4 is 5.32 Å². The number of fused-ring (bicyclic) bond motifs is 1. The van der Waals surface area contributed by atoms with Crippen LogP contribution in [-0.4, -0.2) is 100 Å². The van der Waals surface area contributed by atoms with E-state index in [9.17, 15) is 9.59 Å². The second-order valence-electron chi connectivity index (χ2n) is 13.7. The zero-order chi connectivity index (χ0) is 37.8. The van der Waals surface area contributed by atoms with E-state index in [1.807, 2.05) is 51.4 Å². The molecule has 11 heteroatoms. The first-order valence-electron chi connectivity index (χ1n) is 19.2. The molecule has 0 saturated carbocycles. The molecule has 10 nitrogen and oxygen atoms in total. The van der Waals surface area contributed by atoms with Gasteiger partial charge in [0.05, 0.1) is 22.5 Å². The molecule has 1 amide bonds. The highest BCUT2D eigenvalue weighted by Gasteiger charge is 2.22. The molecule has 4 heterocycles. The van der Waals surface area contributed by atoms with Gasteiger partial charge in [-0.25, -0.2) is 0 Å². The Bertz CT molecular complexity index is 1700. The van der Waals surface area contributed by atoms with Crippen molar-refractivity contribution in [2.24, 2.45) is 15.9 Å². The van der Waals surface area contributed by atoms with Gasteiger partial charge in [-0.15, -0.1) is 10.2 Å². The molecule has 1 saturated heterocycles. The minimum Gasteiger partial charge on any atom is -0.389 e. The largest absolute Gasteiger partial charge is 0.389 e. The van der Waals surface area contributed by atoms with E-state index in [1.54, 1.807) is 23.0 Å². The molecule has 0 aromatic carbocycles. The topological polar surface area (TPSA) is 108 Å². The Morgan fingerprint density at radius 2 is 2.09 bits per heavy atom. The maximum Gasteiger partial charge on any atom is 0.249 e. The molecule has 4 rings (SSSR count). The van der Waals surface area contributed by atoms with Crippen molar-refractivity contribution in [2.45, 2.75) is 90.9 Å². The molecule has 2 unspecified atom stereocenters. The lowest BCUT2D eigenvalue weighted by Crippen LogP contribution is -2.34. The van der Waals surface area contributed by atoms with Gasteiger partial charge < -0.3 is 15.0 Å². The summed E-state index contributed by atoms with van der Waals surface area (Å²) in [5, 5.41) is 13.3. The van der Waals surface area contributed by atoms with Gasteiger partial charge in [0, 0.05) is 49.7 Å². The molecule has 1 aromatic heterocycles.